The van der Waals surface area contributed by atoms with Gasteiger partial charge in [-0.3, -0.25) is 14.5 Å². The van der Waals surface area contributed by atoms with Gasteiger partial charge in [-0.25, -0.2) is 4.79 Å². The van der Waals surface area contributed by atoms with Gasteiger partial charge in [0.1, 0.15) is 5.60 Å². The summed E-state index contributed by atoms with van der Waals surface area (Å²) in [4.78, 5) is 37.1. The molecule has 1 aliphatic rings. The van der Waals surface area contributed by atoms with Crippen LogP contribution < -0.4 is 5.32 Å². The third-order valence-corrected chi connectivity index (χ3v) is 4.74. The minimum atomic E-state index is -0.518. The van der Waals surface area contributed by atoms with E-state index in [2.05, 4.69) is 5.32 Å². The summed E-state index contributed by atoms with van der Waals surface area (Å²) in [5.74, 6) is -0.562. The van der Waals surface area contributed by atoms with Crippen LogP contribution in [0.1, 0.15) is 41.5 Å². The van der Waals surface area contributed by atoms with Gasteiger partial charge in [-0.2, -0.15) is 0 Å². The van der Waals surface area contributed by atoms with E-state index in [1.807, 2.05) is 0 Å². The first-order valence-electron chi connectivity index (χ1n) is 12.1. The number of nitrogens with zero attached hydrogens (tertiary/aromatic N) is 1. The highest BCUT2D eigenvalue weighted by atomic mass is 16.6. The number of benzene rings is 1. The molecule has 11 heteroatoms. The zero-order valence-electron chi connectivity index (χ0n) is 21.4. The summed E-state index contributed by atoms with van der Waals surface area (Å²) in [5.41, 5.74) is 0.361. The number of hydrogen-bond acceptors (Lipinski definition) is 9. The fraction of sp³-hybridized carbons (Fsp3) is 0.640. The maximum Gasteiger partial charge on any atom is 0.407 e. The molecule has 2 rings (SSSR count). The first kappa shape index (κ1) is 29.7. The van der Waals surface area contributed by atoms with Crippen LogP contribution >= 0.6 is 0 Å². The molecule has 1 heterocycles. The van der Waals surface area contributed by atoms with Gasteiger partial charge in [-0.15, -0.1) is 0 Å². The van der Waals surface area contributed by atoms with E-state index in [4.69, 9.17) is 28.4 Å². The second-order valence-electron chi connectivity index (χ2n) is 8.80. The monoisotopic (exact) mass is 510 g/mol. The van der Waals surface area contributed by atoms with Crippen LogP contribution in [-0.4, -0.2) is 108 Å². The molecule has 1 aromatic rings. The van der Waals surface area contributed by atoms with Gasteiger partial charge in [0.05, 0.1) is 83.7 Å². The Morgan fingerprint density at radius 3 is 1.58 bits per heavy atom. The van der Waals surface area contributed by atoms with Crippen LogP contribution in [-0.2, 0) is 28.4 Å². The Balaban J connectivity index is 1.30. The van der Waals surface area contributed by atoms with Gasteiger partial charge in [0.15, 0.2) is 0 Å². The van der Waals surface area contributed by atoms with Crippen LogP contribution in [0.3, 0.4) is 0 Å². The maximum absolute atomic E-state index is 12.2. The minimum Gasteiger partial charge on any atom is -0.444 e. The summed E-state index contributed by atoms with van der Waals surface area (Å²) in [6.07, 6.45) is -0.462. The van der Waals surface area contributed by atoms with E-state index in [0.29, 0.717) is 77.1 Å². The van der Waals surface area contributed by atoms with Crippen LogP contribution in [0.2, 0.25) is 0 Å². The molecule has 0 aliphatic carbocycles. The van der Waals surface area contributed by atoms with E-state index in [1.165, 1.54) is 4.90 Å². The van der Waals surface area contributed by atoms with Crippen LogP contribution in [0, 0.1) is 0 Å². The topological polar surface area (TPSA) is 122 Å². The molecule has 0 unspecified atom stereocenters. The number of amides is 3. The highest BCUT2D eigenvalue weighted by molar-refractivity contribution is 6.21. The van der Waals surface area contributed by atoms with Crippen molar-refractivity contribution in [2.45, 2.75) is 26.4 Å². The Morgan fingerprint density at radius 2 is 1.14 bits per heavy atom. The molecule has 1 N–H and O–H groups in total. The molecule has 0 fully saturated rings. The highest BCUT2D eigenvalue weighted by Gasteiger charge is 2.34. The Labute approximate surface area is 212 Å². The lowest BCUT2D eigenvalue weighted by Gasteiger charge is -2.19. The average molecular weight is 511 g/mol. The number of imide groups is 1. The zero-order valence-corrected chi connectivity index (χ0v) is 21.4. The van der Waals surface area contributed by atoms with Gasteiger partial charge in [-0.05, 0) is 32.9 Å². The third-order valence-electron chi connectivity index (χ3n) is 4.74. The second kappa shape index (κ2) is 16.2. The molecule has 0 saturated carbocycles. The molecule has 36 heavy (non-hydrogen) atoms. The Hall–Kier alpha value is -2.57. The Bertz CT molecular complexity index is 791. The van der Waals surface area contributed by atoms with Crippen LogP contribution in [0.15, 0.2) is 24.3 Å². The number of rotatable bonds is 18. The molecule has 0 saturated heterocycles. The van der Waals surface area contributed by atoms with Gasteiger partial charge < -0.3 is 33.7 Å². The van der Waals surface area contributed by atoms with Crippen molar-refractivity contribution >= 4 is 17.9 Å². The molecule has 11 nitrogen and oxygen atoms in total. The summed E-state index contributed by atoms with van der Waals surface area (Å²) >= 11 is 0. The van der Waals surface area contributed by atoms with Crippen LogP contribution in [0.25, 0.3) is 0 Å². The molecule has 0 atom stereocenters. The third kappa shape index (κ3) is 11.4. The van der Waals surface area contributed by atoms with E-state index in [-0.39, 0.29) is 25.0 Å². The van der Waals surface area contributed by atoms with Crippen molar-refractivity contribution in [3.05, 3.63) is 35.4 Å². The summed E-state index contributed by atoms with van der Waals surface area (Å²) in [5, 5.41) is 2.61. The lowest BCUT2D eigenvalue weighted by atomic mass is 10.1. The van der Waals surface area contributed by atoms with Gasteiger partial charge in [0.25, 0.3) is 11.8 Å². The van der Waals surface area contributed by atoms with Crippen molar-refractivity contribution in [2.24, 2.45) is 0 Å². The van der Waals surface area contributed by atoms with Crippen LogP contribution in [0.4, 0.5) is 4.79 Å². The van der Waals surface area contributed by atoms with Crippen molar-refractivity contribution in [2.75, 3.05) is 79.2 Å². The van der Waals surface area contributed by atoms with Crippen molar-refractivity contribution in [3.8, 4) is 0 Å². The first-order valence-corrected chi connectivity index (χ1v) is 12.1. The van der Waals surface area contributed by atoms with E-state index < -0.39 is 11.7 Å². The number of nitrogens with one attached hydrogen (secondary N) is 1. The fourth-order valence-electron chi connectivity index (χ4n) is 3.12. The molecule has 202 valence electrons. The summed E-state index contributed by atoms with van der Waals surface area (Å²) in [6.45, 7) is 10.00. The highest BCUT2D eigenvalue weighted by Crippen LogP contribution is 2.21. The predicted octanol–water partition coefficient (Wildman–Crippen LogP) is 1.89. The first-order chi connectivity index (χ1) is 17.3. The number of carbonyl (C=O) groups is 3. The minimum absolute atomic E-state index is 0.212. The smallest absolute Gasteiger partial charge is 0.407 e. The zero-order chi connectivity index (χ0) is 26.2. The van der Waals surface area contributed by atoms with Crippen molar-refractivity contribution in [1.29, 1.82) is 0 Å². The SMILES string of the molecule is CC(C)(C)OC(=O)NCCOCCOCCOCCOCCOCCN1C(=O)c2ccccc2C1=O. The Kier molecular flexibility index (Phi) is 13.4. The molecule has 1 aromatic carbocycles. The van der Waals surface area contributed by atoms with E-state index in [0.717, 1.165) is 0 Å². The summed E-state index contributed by atoms with van der Waals surface area (Å²) in [7, 11) is 0. The maximum atomic E-state index is 12.2. The quantitative estimate of drug-likeness (QED) is 0.233. The van der Waals surface area contributed by atoms with E-state index in [9.17, 15) is 14.4 Å². The van der Waals surface area contributed by atoms with Gasteiger partial charge in [0.2, 0.25) is 0 Å². The molecule has 0 bridgehead atoms. The number of carbonyl (C=O) groups excluding carboxylic acids is 3. The Morgan fingerprint density at radius 1 is 0.722 bits per heavy atom. The van der Waals surface area contributed by atoms with E-state index >= 15 is 0 Å². The number of fused-ring (bicyclic) bond motifs is 1. The fourth-order valence-corrected chi connectivity index (χ4v) is 3.12. The molecule has 0 radical (unpaired) electrons. The predicted molar refractivity (Wildman–Crippen MR) is 130 cm³/mol. The summed E-state index contributed by atoms with van der Waals surface area (Å²) < 4.78 is 32.2. The molecule has 0 aromatic heterocycles. The molecular weight excluding hydrogens is 472 g/mol. The molecular formula is C25H38N2O9. The summed E-state index contributed by atoms with van der Waals surface area (Å²) in [6, 6.07) is 6.80. The van der Waals surface area contributed by atoms with Gasteiger partial charge >= 0.3 is 6.09 Å². The lowest BCUT2D eigenvalue weighted by molar-refractivity contribution is -0.0117. The number of ether oxygens (including phenoxy) is 6. The van der Waals surface area contributed by atoms with Crippen LogP contribution in [0.5, 0.6) is 0 Å². The normalized spacial score (nSPS) is 13.2. The van der Waals surface area contributed by atoms with Gasteiger partial charge in [-0.1, -0.05) is 12.1 Å². The largest absolute Gasteiger partial charge is 0.444 e. The average Bonchev–Trinajstić information content (AvgIpc) is 3.07. The van der Waals surface area contributed by atoms with Crippen molar-refractivity contribution in [1.82, 2.24) is 10.2 Å². The van der Waals surface area contributed by atoms with Gasteiger partial charge in [0, 0.05) is 6.54 Å². The molecule has 1 aliphatic heterocycles. The standard InChI is InChI=1S/C25H38N2O9/c1-25(2,3)36-24(30)26-8-10-31-12-14-33-16-18-35-19-17-34-15-13-32-11-9-27-22(28)20-6-4-5-7-21(20)23(27)29/h4-7H,8-19H2,1-3H3,(H,26,30). The van der Waals surface area contributed by atoms with Crippen molar-refractivity contribution in [3.63, 3.8) is 0 Å². The molecule has 0 spiro atoms. The second-order valence-corrected chi connectivity index (χ2v) is 8.80. The van der Waals surface area contributed by atoms with Crippen molar-refractivity contribution < 1.29 is 42.8 Å². The van der Waals surface area contributed by atoms with E-state index in [1.54, 1.807) is 45.0 Å². The number of alkyl carbamates (subject to hydrolysis) is 1. The lowest BCUT2D eigenvalue weighted by Crippen LogP contribution is -2.34. The molecule has 3 amide bonds. The number of hydrogen-bond donors (Lipinski definition) is 1.